The summed E-state index contributed by atoms with van der Waals surface area (Å²) in [5.41, 5.74) is 2.97. The van der Waals surface area contributed by atoms with Gasteiger partial charge in [0.05, 0.1) is 0 Å². The standard InChI is InChI=1S/C18H21N.ClH/c1-3-7-15(8-4-1)17-11-13-19-14-12-18(17)16-9-5-2-6-10-16;/h1-10,17-19H,11-14H2;1H/t17-,18+;. The fourth-order valence-electron chi connectivity index (χ4n) is 3.24. The van der Waals surface area contributed by atoms with Gasteiger partial charge in [0.15, 0.2) is 0 Å². The second-order valence-electron chi connectivity index (χ2n) is 5.36. The van der Waals surface area contributed by atoms with Crippen LogP contribution in [0.1, 0.15) is 35.8 Å². The molecule has 0 amide bonds. The van der Waals surface area contributed by atoms with Gasteiger partial charge in [0, 0.05) is 0 Å². The Balaban J connectivity index is 0.00000147. The molecule has 0 radical (unpaired) electrons. The number of halogens is 1. The van der Waals surface area contributed by atoms with E-state index in [0.29, 0.717) is 11.8 Å². The number of nitrogens with one attached hydrogen (secondary N) is 1. The predicted molar refractivity (Wildman–Crippen MR) is 87.7 cm³/mol. The third-order valence-corrected chi connectivity index (χ3v) is 4.21. The minimum absolute atomic E-state index is 0. The molecule has 1 heterocycles. The lowest BCUT2D eigenvalue weighted by Crippen LogP contribution is -2.13. The van der Waals surface area contributed by atoms with Gasteiger partial charge < -0.3 is 5.32 Å². The molecule has 0 unspecified atom stereocenters. The van der Waals surface area contributed by atoms with Crippen molar-refractivity contribution >= 4 is 12.4 Å². The Morgan fingerprint density at radius 2 is 1.05 bits per heavy atom. The average Bonchev–Trinajstić information content (AvgIpc) is 2.75. The zero-order valence-electron chi connectivity index (χ0n) is 11.7. The smallest absolute Gasteiger partial charge is 0.00429 e. The van der Waals surface area contributed by atoms with Gasteiger partial charge in [-0.2, -0.15) is 0 Å². The lowest BCUT2D eigenvalue weighted by molar-refractivity contribution is 0.524. The maximum Gasteiger partial charge on any atom is -0.00429 e. The Kier molecular flexibility index (Phi) is 5.63. The molecule has 2 atom stereocenters. The van der Waals surface area contributed by atoms with Gasteiger partial charge in [0.25, 0.3) is 0 Å². The average molecular weight is 288 g/mol. The highest BCUT2D eigenvalue weighted by molar-refractivity contribution is 5.85. The molecule has 0 spiro atoms. The number of hydrogen-bond donors (Lipinski definition) is 1. The fraction of sp³-hybridized carbons (Fsp3) is 0.333. The molecule has 1 fully saturated rings. The van der Waals surface area contributed by atoms with Gasteiger partial charge in [0.1, 0.15) is 0 Å². The summed E-state index contributed by atoms with van der Waals surface area (Å²) in [7, 11) is 0. The van der Waals surface area contributed by atoms with E-state index in [4.69, 9.17) is 0 Å². The Hall–Kier alpha value is -1.31. The molecule has 2 heteroatoms. The highest BCUT2D eigenvalue weighted by atomic mass is 35.5. The normalized spacial score (nSPS) is 22.6. The molecule has 0 saturated carbocycles. The van der Waals surface area contributed by atoms with Crippen LogP contribution in [0.15, 0.2) is 60.7 Å². The summed E-state index contributed by atoms with van der Waals surface area (Å²) in [4.78, 5) is 0. The summed E-state index contributed by atoms with van der Waals surface area (Å²) in [6.45, 7) is 2.26. The van der Waals surface area contributed by atoms with Gasteiger partial charge in [-0.3, -0.25) is 0 Å². The van der Waals surface area contributed by atoms with Crippen LogP contribution in [0.5, 0.6) is 0 Å². The van der Waals surface area contributed by atoms with Crippen molar-refractivity contribution < 1.29 is 0 Å². The summed E-state index contributed by atoms with van der Waals surface area (Å²) < 4.78 is 0. The van der Waals surface area contributed by atoms with Crippen LogP contribution in [0.2, 0.25) is 0 Å². The first-order valence-corrected chi connectivity index (χ1v) is 7.26. The summed E-state index contributed by atoms with van der Waals surface area (Å²) >= 11 is 0. The van der Waals surface area contributed by atoms with Crippen LogP contribution in [0.4, 0.5) is 0 Å². The second-order valence-corrected chi connectivity index (χ2v) is 5.36. The molecule has 20 heavy (non-hydrogen) atoms. The van der Waals surface area contributed by atoms with Crippen molar-refractivity contribution in [3.63, 3.8) is 0 Å². The lowest BCUT2D eigenvalue weighted by atomic mass is 9.78. The summed E-state index contributed by atoms with van der Waals surface area (Å²) in [6, 6.07) is 22.0. The van der Waals surface area contributed by atoms with Crippen molar-refractivity contribution in [1.29, 1.82) is 0 Å². The quantitative estimate of drug-likeness (QED) is 0.865. The van der Waals surface area contributed by atoms with Crippen molar-refractivity contribution in [1.82, 2.24) is 5.32 Å². The molecule has 2 aromatic rings. The number of hydrogen-bond acceptors (Lipinski definition) is 1. The largest absolute Gasteiger partial charge is 0.317 e. The molecule has 1 aliphatic rings. The van der Waals surface area contributed by atoms with E-state index in [1.807, 2.05) is 0 Å². The van der Waals surface area contributed by atoms with Crippen LogP contribution in [-0.2, 0) is 0 Å². The SMILES string of the molecule is Cl.c1ccc([C@H]2CCNCC[C@H]2c2ccccc2)cc1. The van der Waals surface area contributed by atoms with Gasteiger partial charge in [-0.25, -0.2) is 0 Å². The molecular formula is C18H22ClN. The van der Waals surface area contributed by atoms with Gasteiger partial charge in [0.2, 0.25) is 0 Å². The first-order valence-electron chi connectivity index (χ1n) is 7.26. The van der Waals surface area contributed by atoms with E-state index in [9.17, 15) is 0 Å². The molecule has 0 aromatic heterocycles. The van der Waals surface area contributed by atoms with E-state index in [0.717, 1.165) is 13.1 Å². The molecule has 2 aromatic carbocycles. The van der Waals surface area contributed by atoms with E-state index in [-0.39, 0.29) is 12.4 Å². The minimum Gasteiger partial charge on any atom is -0.317 e. The zero-order valence-corrected chi connectivity index (χ0v) is 12.5. The van der Waals surface area contributed by atoms with Crippen molar-refractivity contribution in [2.24, 2.45) is 0 Å². The van der Waals surface area contributed by atoms with E-state index in [2.05, 4.69) is 66.0 Å². The van der Waals surface area contributed by atoms with E-state index < -0.39 is 0 Å². The van der Waals surface area contributed by atoms with Crippen LogP contribution >= 0.6 is 12.4 Å². The third kappa shape index (κ3) is 3.41. The maximum atomic E-state index is 3.55. The maximum absolute atomic E-state index is 3.55. The van der Waals surface area contributed by atoms with Crippen LogP contribution in [0.3, 0.4) is 0 Å². The van der Waals surface area contributed by atoms with Crippen LogP contribution in [0, 0.1) is 0 Å². The number of benzene rings is 2. The Bertz CT molecular complexity index is 450. The van der Waals surface area contributed by atoms with Gasteiger partial charge in [-0.05, 0) is 48.9 Å². The molecule has 1 N–H and O–H groups in total. The lowest BCUT2D eigenvalue weighted by Gasteiger charge is -2.25. The van der Waals surface area contributed by atoms with Crippen molar-refractivity contribution in [2.75, 3.05) is 13.1 Å². The van der Waals surface area contributed by atoms with E-state index >= 15 is 0 Å². The van der Waals surface area contributed by atoms with Crippen LogP contribution in [0.25, 0.3) is 0 Å². The monoisotopic (exact) mass is 287 g/mol. The molecule has 1 nitrogen and oxygen atoms in total. The Morgan fingerprint density at radius 3 is 1.45 bits per heavy atom. The minimum atomic E-state index is 0. The van der Waals surface area contributed by atoms with Gasteiger partial charge in [-0.15, -0.1) is 12.4 Å². The molecule has 0 bridgehead atoms. The molecule has 3 rings (SSSR count). The van der Waals surface area contributed by atoms with Crippen LogP contribution in [-0.4, -0.2) is 13.1 Å². The molecule has 1 aliphatic heterocycles. The van der Waals surface area contributed by atoms with Gasteiger partial charge >= 0.3 is 0 Å². The number of rotatable bonds is 2. The second kappa shape index (κ2) is 7.47. The first-order chi connectivity index (χ1) is 9.45. The molecular weight excluding hydrogens is 266 g/mol. The van der Waals surface area contributed by atoms with Crippen molar-refractivity contribution in [3.05, 3.63) is 71.8 Å². The Morgan fingerprint density at radius 1 is 0.650 bits per heavy atom. The molecule has 106 valence electrons. The first kappa shape index (κ1) is 15.1. The Labute approximate surface area is 127 Å². The van der Waals surface area contributed by atoms with E-state index in [1.54, 1.807) is 0 Å². The summed E-state index contributed by atoms with van der Waals surface area (Å²) in [6.07, 6.45) is 2.45. The van der Waals surface area contributed by atoms with Gasteiger partial charge in [-0.1, -0.05) is 60.7 Å². The summed E-state index contributed by atoms with van der Waals surface area (Å²) in [5, 5.41) is 3.55. The topological polar surface area (TPSA) is 12.0 Å². The summed E-state index contributed by atoms with van der Waals surface area (Å²) in [5.74, 6) is 1.28. The van der Waals surface area contributed by atoms with Crippen molar-refractivity contribution in [2.45, 2.75) is 24.7 Å². The molecule has 0 aliphatic carbocycles. The van der Waals surface area contributed by atoms with E-state index in [1.165, 1.54) is 24.0 Å². The zero-order chi connectivity index (χ0) is 12.9. The predicted octanol–water partition coefficient (Wildman–Crippen LogP) is 4.36. The third-order valence-electron chi connectivity index (χ3n) is 4.21. The molecule has 1 saturated heterocycles. The highest BCUT2D eigenvalue weighted by Gasteiger charge is 2.25. The van der Waals surface area contributed by atoms with Crippen LogP contribution < -0.4 is 5.32 Å². The highest BCUT2D eigenvalue weighted by Crippen LogP contribution is 2.38. The fourth-order valence-corrected chi connectivity index (χ4v) is 3.24. The van der Waals surface area contributed by atoms with Crippen molar-refractivity contribution in [3.8, 4) is 0 Å².